The van der Waals surface area contributed by atoms with Crippen molar-refractivity contribution >= 4 is 5.91 Å². The summed E-state index contributed by atoms with van der Waals surface area (Å²) in [4.78, 5) is 15.5. The standard InChI is InChI=1S/C23H25N3O/c1-3-16-10-15(2)22-19(11-16)20-13-25-9-8-21(20)26(23(22)27)14-18-7-5-4-6-17(18)12-24/h4-7,10-11,20-21,25H,3,8-9,13-14H2,1-2H3. The Balaban J connectivity index is 1.80. The second kappa shape index (κ2) is 7.17. The van der Waals surface area contributed by atoms with Crippen molar-refractivity contribution in [2.45, 2.75) is 45.2 Å². The fraction of sp³-hybridized carbons (Fsp3) is 0.391. The molecule has 2 aromatic rings. The second-order valence-electron chi connectivity index (χ2n) is 7.60. The van der Waals surface area contributed by atoms with Gasteiger partial charge in [-0.15, -0.1) is 0 Å². The zero-order chi connectivity index (χ0) is 19.0. The number of piperidine rings is 1. The molecule has 0 spiro atoms. The fourth-order valence-corrected chi connectivity index (χ4v) is 4.65. The summed E-state index contributed by atoms with van der Waals surface area (Å²) in [6, 6.07) is 14.4. The highest BCUT2D eigenvalue weighted by Crippen LogP contribution is 2.39. The van der Waals surface area contributed by atoms with E-state index < -0.39 is 0 Å². The fourth-order valence-electron chi connectivity index (χ4n) is 4.65. The van der Waals surface area contributed by atoms with Gasteiger partial charge >= 0.3 is 0 Å². The molecule has 2 unspecified atom stereocenters. The molecule has 1 saturated heterocycles. The number of carbonyl (C=O) groups is 1. The molecule has 1 amide bonds. The van der Waals surface area contributed by atoms with E-state index in [1.54, 1.807) is 0 Å². The van der Waals surface area contributed by atoms with Crippen LogP contribution in [0.5, 0.6) is 0 Å². The molecule has 138 valence electrons. The lowest BCUT2D eigenvalue weighted by Gasteiger charge is -2.45. The molecular weight excluding hydrogens is 334 g/mol. The monoisotopic (exact) mass is 359 g/mol. The molecule has 0 bridgehead atoms. The van der Waals surface area contributed by atoms with E-state index in [1.165, 1.54) is 11.1 Å². The minimum atomic E-state index is 0.112. The van der Waals surface area contributed by atoms with Gasteiger partial charge in [0.25, 0.3) is 5.91 Å². The van der Waals surface area contributed by atoms with Crippen LogP contribution in [-0.2, 0) is 13.0 Å². The average molecular weight is 359 g/mol. The summed E-state index contributed by atoms with van der Waals surface area (Å²) in [5.74, 6) is 0.423. The lowest BCUT2D eigenvalue weighted by molar-refractivity contribution is 0.0547. The largest absolute Gasteiger partial charge is 0.331 e. The molecule has 0 aromatic heterocycles. The third-order valence-electron chi connectivity index (χ3n) is 6.03. The normalized spacial score (nSPS) is 21.4. The number of hydrogen-bond donors (Lipinski definition) is 1. The first kappa shape index (κ1) is 17.8. The molecule has 2 atom stereocenters. The number of aryl methyl sites for hydroxylation is 2. The Labute approximate surface area is 160 Å². The Bertz CT molecular complexity index is 928. The van der Waals surface area contributed by atoms with Gasteiger partial charge in [0, 0.05) is 30.6 Å². The van der Waals surface area contributed by atoms with E-state index in [0.717, 1.165) is 42.6 Å². The van der Waals surface area contributed by atoms with Gasteiger partial charge in [-0.1, -0.05) is 37.3 Å². The number of benzene rings is 2. The first-order chi connectivity index (χ1) is 13.1. The summed E-state index contributed by atoms with van der Waals surface area (Å²) in [7, 11) is 0. The van der Waals surface area contributed by atoms with Crippen molar-refractivity contribution in [2.24, 2.45) is 0 Å². The summed E-state index contributed by atoms with van der Waals surface area (Å²) < 4.78 is 0. The Morgan fingerprint density at radius 2 is 2.11 bits per heavy atom. The molecule has 2 aliphatic heterocycles. The van der Waals surface area contributed by atoms with Gasteiger partial charge in [0.1, 0.15) is 0 Å². The lowest BCUT2D eigenvalue weighted by Crippen LogP contribution is -2.54. The number of carbonyl (C=O) groups excluding carboxylic acids is 1. The van der Waals surface area contributed by atoms with Gasteiger partial charge in [0.05, 0.1) is 11.6 Å². The molecule has 27 heavy (non-hydrogen) atoms. The topological polar surface area (TPSA) is 56.1 Å². The van der Waals surface area contributed by atoms with Gasteiger partial charge in [0.2, 0.25) is 0 Å². The van der Waals surface area contributed by atoms with Crippen molar-refractivity contribution in [3.05, 3.63) is 69.8 Å². The molecule has 1 N–H and O–H groups in total. The molecule has 0 radical (unpaired) electrons. The molecule has 0 saturated carbocycles. The van der Waals surface area contributed by atoms with Gasteiger partial charge in [-0.2, -0.15) is 5.26 Å². The number of amides is 1. The van der Waals surface area contributed by atoms with Crippen LogP contribution in [0.4, 0.5) is 0 Å². The number of hydrogen-bond acceptors (Lipinski definition) is 3. The molecule has 1 fully saturated rings. The summed E-state index contributed by atoms with van der Waals surface area (Å²) in [5.41, 5.74) is 6.02. The zero-order valence-corrected chi connectivity index (χ0v) is 16.0. The Morgan fingerprint density at radius 1 is 1.30 bits per heavy atom. The van der Waals surface area contributed by atoms with Gasteiger partial charge in [0.15, 0.2) is 0 Å². The van der Waals surface area contributed by atoms with Crippen molar-refractivity contribution in [1.29, 1.82) is 5.26 Å². The highest BCUT2D eigenvalue weighted by Gasteiger charge is 2.41. The summed E-state index contributed by atoms with van der Waals surface area (Å²) in [6.45, 7) is 6.53. The molecule has 4 heteroatoms. The molecule has 2 aromatic carbocycles. The number of nitrogens with zero attached hydrogens (tertiary/aromatic N) is 2. The quantitative estimate of drug-likeness (QED) is 0.912. The zero-order valence-electron chi connectivity index (χ0n) is 16.0. The highest BCUT2D eigenvalue weighted by molar-refractivity contribution is 5.99. The Kier molecular flexibility index (Phi) is 4.72. The van der Waals surface area contributed by atoms with Crippen LogP contribution in [0.3, 0.4) is 0 Å². The van der Waals surface area contributed by atoms with E-state index in [9.17, 15) is 10.1 Å². The van der Waals surface area contributed by atoms with E-state index in [2.05, 4.69) is 30.4 Å². The second-order valence-corrected chi connectivity index (χ2v) is 7.60. The van der Waals surface area contributed by atoms with Crippen LogP contribution in [0.1, 0.15) is 57.4 Å². The minimum Gasteiger partial charge on any atom is -0.331 e. The predicted molar refractivity (Wildman–Crippen MR) is 106 cm³/mol. The van der Waals surface area contributed by atoms with Crippen LogP contribution in [0, 0.1) is 18.3 Å². The van der Waals surface area contributed by atoms with Gasteiger partial charge in [-0.3, -0.25) is 4.79 Å². The third-order valence-corrected chi connectivity index (χ3v) is 6.03. The SMILES string of the molecule is CCc1cc(C)c2c(c1)C1CNCCC1N(Cc1ccccc1C#N)C2=O. The Hall–Kier alpha value is -2.64. The average Bonchev–Trinajstić information content (AvgIpc) is 2.70. The Morgan fingerprint density at radius 3 is 2.89 bits per heavy atom. The van der Waals surface area contributed by atoms with Crippen LogP contribution in [0.15, 0.2) is 36.4 Å². The molecule has 2 heterocycles. The third kappa shape index (κ3) is 3.02. The van der Waals surface area contributed by atoms with E-state index in [1.807, 2.05) is 36.1 Å². The summed E-state index contributed by atoms with van der Waals surface area (Å²) >= 11 is 0. The van der Waals surface area contributed by atoms with Gasteiger partial charge in [-0.25, -0.2) is 0 Å². The molecule has 4 nitrogen and oxygen atoms in total. The van der Waals surface area contributed by atoms with Crippen molar-refractivity contribution in [3.63, 3.8) is 0 Å². The highest BCUT2D eigenvalue weighted by atomic mass is 16.2. The summed E-state index contributed by atoms with van der Waals surface area (Å²) in [6.07, 6.45) is 1.92. The van der Waals surface area contributed by atoms with Crippen LogP contribution in [0.25, 0.3) is 0 Å². The maximum absolute atomic E-state index is 13.5. The van der Waals surface area contributed by atoms with Gasteiger partial charge in [-0.05, 0) is 54.6 Å². The molecule has 0 aliphatic carbocycles. The predicted octanol–water partition coefficient (Wildman–Crippen LogP) is 3.53. The smallest absolute Gasteiger partial charge is 0.254 e. The molecule has 4 rings (SSSR count). The van der Waals surface area contributed by atoms with E-state index in [4.69, 9.17) is 0 Å². The summed E-state index contributed by atoms with van der Waals surface area (Å²) in [5, 5.41) is 13.0. The maximum Gasteiger partial charge on any atom is 0.254 e. The lowest BCUT2D eigenvalue weighted by atomic mass is 9.77. The molecular formula is C23H25N3O. The maximum atomic E-state index is 13.5. The van der Waals surface area contributed by atoms with Crippen molar-refractivity contribution in [1.82, 2.24) is 10.2 Å². The van der Waals surface area contributed by atoms with E-state index in [0.29, 0.717) is 18.0 Å². The van der Waals surface area contributed by atoms with Crippen LogP contribution in [0.2, 0.25) is 0 Å². The van der Waals surface area contributed by atoms with E-state index >= 15 is 0 Å². The number of fused-ring (bicyclic) bond motifs is 3. The van der Waals surface area contributed by atoms with Crippen molar-refractivity contribution < 1.29 is 4.79 Å². The van der Waals surface area contributed by atoms with Crippen LogP contribution >= 0.6 is 0 Å². The van der Waals surface area contributed by atoms with Crippen LogP contribution < -0.4 is 5.32 Å². The number of nitrogens with one attached hydrogen (secondary N) is 1. The van der Waals surface area contributed by atoms with Crippen molar-refractivity contribution in [2.75, 3.05) is 13.1 Å². The van der Waals surface area contributed by atoms with Crippen molar-refractivity contribution in [3.8, 4) is 6.07 Å². The number of rotatable bonds is 3. The van der Waals surface area contributed by atoms with Gasteiger partial charge < -0.3 is 10.2 Å². The number of nitriles is 1. The molecule has 2 aliphatic rings. The first-order valence-corrected chi connectivity index (χ1v) is 9.77. The van der Waals surface area contributed by atoms with Crippen LogP contribution in [-0.4, -0.2) is 29.9 Å². The van der Waals surface area contributed by atoms with E-state index in [-0.39, 0.29) is 11.9 Å². The first-order valence-electron chi connectivity index (χ1n) is 9.77. The minimum absolute atomic E-state index is 0.112.